The fourth-order valence-electron chi connectivity index (χ4n) is 4.92. The number of phosphoric ester groups is 1. The van der Waals surface area contributed by atoms with Crippen LogP contribution < -0.4 is 5.32 Å². The monoisotopic (exact) mass is 748 g/mol. The summed E-state index contributed by atoms with van der Waals surface area (Å²) >= 11 is 0. The number of aliphatic hydroxyl groups is 1. The first-order valence-corrected chi connectivity index (χ1v) is 21.5. The van der Waals surface area contributed by atoms with Crippen LogP contribution >= 0.6 is 7.82 Å². The van der Waals surface area contributed by atoms with Gasteiger partial charge in [0.1, 0.15) is 13.2 Å². The number of carbonyl (C=O) groups is 1. The van der Waals surface area contributed by atoms with E-state index in [1.165, 1.54) is 19.3 Å². The molecule has 0 aliphatic rings. The highest BCUT2D eigenvalue weighted by Gasteiger charge is 2.27. The van der Waals surface area contributed by atoms with Gasteiger partial charge in [-0.1, -0.05) is 137 Å². The zero-order valence-electron chi connectivity index (χ0n) is 33.5. The topological polar surface area (TPSA) is 105 Å². The first-order chi connectivity index (χ1) is 25.0. The molecule has 0 saturated carbocycles. The second kappa shape index (κ2) is 34.4. The van der Waals surface area contributed by atoms with Crippen LogP contribution in [0.1, 0.15) is 129 Å². The van der Waals surface area contributed by atoms with Gasteiger partial charge < -0.3 is 19.8 Å². The van der Waals surface area contributed by atoms with Gasteiger partial charge in [0.25, 0.3) is 0 Å². The third-order valence-electron chi connectivity index (χ3n) is 8.12. The molecule has 0 aliphatic heterocycles. The average Bonchev–Trinajstić information content (AvgIpc) is 3.09. The lowest BCUT2D eigenvalue weighted by molar-refractivity contribution is -0.870. The molecule has 0 spiro atoms. The van der Waals surface area contributed by atoms with Crippen LogP contribution in [0.2, 0.25) is 0 Å². The lowest BCUT2D eigenvalue weighted by Crippen LogP contribution is -2.45. The number of carbonyl (C=O) groups excluding carboxylic acids is 1. The number of allylic oxidation sites excluding steroid dienone is 13. The number of amides is 1. The van der Waals surface area contributed by atoms with Gasteiger partial charge >= 0.3 is 7.82 Å². The number of aliphatic hydroxyl groups excluding tert-OH is 1. The Hall–Kier alpha value is -2.32. The van der Waals surface area contributed by atoms with Crippen molar-refractivity contribution in [1.82, 2.24) is 5.32 Å². The Morgan fingerprint density at radius 1 is 0.673 bits per heavy atom. The van der Waals surface area contributed by atoms with Gasteiger partial charge in [-0.15, -0.1) is 0 Å². The molecule has 298 valence electrons. The third-order valence-corrected chi connectivity index (χ3v) is 9.11. The molecule has 0 bridgehead atoms. The number of nitrogens with one attached hydrogen (secondary N) is 1. The number of hydrogen-bond donors (Lipinski definition) is 3. The number of likely N-dealkylation sites (N-methyl/N-ethyl adjacent to an activating group) is 1. The molecule has 3 atom stereocenters. The predicted molar refractivity (Wildman–Crippen MR) is 221 cm³/mol. The Kier molecular flexibility index (Phi) is 32.9. The number of rotatable bonds is 34. The standard InChI is InChI=1S/C43H75N2O6P/c1-6-8-10-12-14-15-16-17-18-19-20-21-22-23-24-25-26-27-28-29-31-33-35-37-43(47)44-41(42(46)36-34-32-30-13-11-9-7-2)40-51-52(48,49)50-39-38-45(3,4)5/h8,10,14-15,17-18,20-21,23-24,26-27,34,36,41-42,46H,6-7,9,11-13,16,19,22,25,28-33,35,37-40H2,1-5H3,(H-,44,47,48,49)/p+1/b10-8-,15-14-,18-17-,21-20-,24-23-,27-26-,36-34+. The first-order valence-electron chi connectivity index (χ1n) is 20.0. The Morgan fingerprint density at radius 3 is 1.67 bits per heavy atom. The number of quaternary nitrogens is 1. The van der Waals surface area contributed by atoms with Gasteiger partial charge in [0, 0.05) is 6.42 Å². The van der Waals surface area contributed by atoms with Gasteiger partial charge in [-0.2, -0.15) is 0 Å². The van der Waals surface area contributed by atoms with Crippen molar-refractivity contribution in [2.45, 2.75) is 142 Å². The van der Waals surface area contributed by atoms with E-state index < -0.39 is 20.0 Å². The number of phosphoric acid groups is 1. The van der Waals surface area contributed by atoms with Gasteiger partial charge in [-0.3, -0.25) is 13.8 Å². The smallest absolute Gasteiger partial charge is 0.387 e. The van der Waals surface area contributed by atoms with Crippen molar-refractivity contribution in [3.05, 3.63) is 85.1 Å². The molecule has 1 amide bonds. The molecule has 0 aromatic carbocycles. The zero-order valence-corrected chi connectivity index (χ0v) is 34.4. The summed E-state index contributed by atoms with van der Waals surface area (Å²) in [6.07, 6.45) is 46.7. The molecule has 0 radical (unpaired) electrons. The number of nitrogens with zero attached hydrogens (tertiary/aromatic N) is 1. The molecule has 0 rings (SSSR count). The summed E-state index contributed by atoms with van der Waals surface area (Å²) in [5.74, 6) is -0.212. The maximum atomic E-state index is 12.8. The van der Waals surface area contributed by atoms with Crippen LogP contribution in [-0.4, -0.2) is 73.4 Å². The van der Waals surface area contributed by atoms with Crippen LogP contribution in [0.4, 0.5) is 0 Å². The van der Waals surface area contributed by atoms with Crippen molar-refractivity contribution >= 4 is 13.7 Å². The zero-order chi connectivity index (χ0) is 38.6. The molecule has 0 aliphatic carbocycles. The quantitative estimate of drug-likeness (QED) is 0.0262. The minimum Gasteiger partial charge on any atom is -0.387 e. The Morgan fingerprint density at radius 2 is 1.15 bits per heavy atom. The van der Waals surface area contributed by atoms with E-state index in [1.807, 2.05) is 27.2 Å². The maximum absolute atomic E-state index is 12.8. The van der Waals surface area contributed by atoms with E-state index in [2.05, 4.69) is 92.1 Å². The van der Waals surface area contributed by atoms with Crippen molar-refractivity contribution < 1.29 is 32.9 Å². The summed E-state index contributed by atoms with van der Waals surface area (Å²) in [6, 6.07) is -0.862. The fourth-order valence-corrected chi connectivity index (χ4v) is 5.66. The summed E-state index contributed by atoms with van der Waals surface area (Å²) in [6.45, 7) is 4.58. The Labute approximate surface area is 318 Å². The van der Waals surface area contributed by atoms with Crippen LogP contribution in [0.5, 0.6) is 0 Å². The molecule has 0 aromatic heterocycles. The summed E-state index contributed by atoms with van der Waals surface area (Å²) in [7, 11) is 1.53. The molecular weight excluding hydrogens is 671 g/mol. The summed E-state index contributed by atoms with van der Waals surface area (Å²) in [4.78, 5) is 22.9. The molecule has 0 heterocycles. The summed E-state index contributed by atoms with van der Waals surface area (Å²) < 4.78 is 23.4. The minimum atomic E-state index is -4.34. The van der Waals surface area contributed by atoms with E-state index in [4.69, 9.17) is 9.05 Å². The molecule has 0 fully saturated rings. The highest BCUT2D eigenvalue weighted by Crippen LogP contribution is 2.43. The maximum Gasteiger partial charge on any atom is 0.472 e. The van der Waals surface area contributed by atoms with E-state index in [1.54, 1.807) is 6.08 Å². The predicted octanol–water partition coefficient (Wildman–Crippen LogP) is 10.6. The van der Waals surface area contributed by atoms with Gasteiger partial charge in [0.2, 0.25) is 5.91 Å². The molecule has 3 N–H and O–H groups in total. The van der Waals surface area contributed by atoms with E-state index >= 15 is 0 Å². The molecular formula is C43H76N2O6P+. The Balaban J connectivity index is 4.37. The Bertz CT molecular complexity index is 1120. The number of unbranched alkanes of at least 4 members (excludes halogenated alkanes) is 9. The normalized spacial score (nSPS) is 15.4. The van der Waals surface area contributed by atoms with E-state index in [-0.39, 0.29) is 19.1 Å². The highest BCUT2D eigenvalue weighted by atomic mass is 31.2. The van der Waals surface area contributed by atoms with E-state index in [9.17, 15) is 19.4 Å². The minimum absolute atomic E-state index is 0.0505. The van der Waals surface area contributed by atoms with Crippen molar-refractivity contribution in [3.8, 4) is 0 Å². The third kappa shape index (κ3) is 36.1. The van der Waals surface area contributed by atoms with Crippen LogP contribution in [0.15, 0.2) is 85.1 Å². The largest absolute Gasteiger partial charge is 0.472 e. The molecule has 0 aromatic rings. The lowest BCUT2D eigenvalue weighted by atomic mass is 10.1. The molecule has 0 saturated heterocycles. The molecule has 3 unspecified atom stereocenters. The van der Waals surface area contributed by atoms with E-state index in [0.29, 0.717) is 17.4 Å². The van der Waals surface area contributed by atoms with Gasteiger partial charge in [0.05, 0.1) is 39.9 Å². The second-order valence-electron chi connectivity index (χ2n) is 14.3. The summed E-state index contributed by atoms with van der Waals surface area (Å²) in [5.41, 5.74) is 0. The number of hydrogen-bond acceptors (Lipinski definition) is 5. The van der Waals surface area contributed by atoms with Gasteiger partial charge in [0.15, 0.2) is 0 Å². The van der Waals surface area contributed by atoms with Crippen molar-refractivity contribution in [3.63, 3.8) is 0 Å². The van der Waals surface area contributed by atoms with Crippen molar-refractivity contribution in [2.75, 3.05) is 40.9 Å². The fraction of sp³-hybridized carbons (Fsp3) is 0.651. The van der Waals surface area contributed by atoms with E-state index in [0.717, 1.165) is 89.9 Å². The molecule has 8 nitrogen and oxygen atoms in total. The average molecular weight is 748 g/mol. The summed E-state index contributed by atoms with van der Waals surface area (Å²) in [5, 5.41) is 13.6. The van der Waals surface area contributed by atoms with Crippen molar-refractivity contribution in [2.24, 2.45) is 0 Å². The van der Waals surface area contributed by atoms with Gasteiger partial charge in [-0.25, -0.2) is 4.57 Å². The SMILES string of the molecule is CC/C=C\C/C=C\C/C=C\C/C=C\C/C=C\C/C=C\CCCCCCC(=O)NC(COP(=O)(O)OCC[N+](C)(C)C)C(O)/C=C/CCCCCCC. The first kappa shape index (κ1) is 49.7. The highest BCUT2D eigenvalue weighted by molar-refractivity contribution is 7.47. The van der Waals surface area contributed by atoms with Gasteiger partial charge in [-0.05, 0) is 70.6 Å². The van der Waals surface area contributed by atoms with Crippen LogP contribution in [-0.2, 0) is 18.4 Å². The van der Waals surface area contributed by atoms with Crippen LogP contribution in [0.25, 0.3) is 0 Å². The molecule has 9 heteroatoms. The lowest BCUT2D eigenvalue weighted by Gasteiger charge is -2.25. The van der Waals surface area contributed by atoms with Crippen molar-refractivity contribution in [1.29, 1.82) is 0 Å². The second-order valence-corrected chi connectivity index (χ2v) is 15.7. The van der Waals surface area contributed by atoms with Crippen LogP contribution in [0, 0.1) is 0 Å². The van der Waals surface area contributed by atoms with Crippen LogP contribution in [0.3, 0.4) is 0 Å². The molecule has 52 heavy (non-hydrogen) atoms.